The number of amides is 1. The van der Waals surface area contributed by atoms with Crippen molar-refractivity contribution >= 4 is 45.6 Å². The third-order valence-corrected chi connectivity index (χ3v) is 5.12. The summed E-state index contributed by atoms with van der Waals surface area (Å²) in [7, 11) is 0. The molecule has 0 aliphatic rings. The summed E-state index contributed by atoms with van der Waals surface area (Å²) in [5, 5.41) is 4.67. The summed E-state index contributed by atoms with van der Waals surface area (Å²) in [5.74, 6) is -0.220. The Morgan fingerprint density at radius 2 is 1.88 bits per heavy atom. The van der Waals surface area contributed by atoms with Crippen LogP contribution in [0.3, 0.4) is 0 Å². The zero-order valence-electron chi connectivity index (χ0n) is 13.6. The van der Waals surface area contributed by atoms with E-state index in [4.69, 9.17) is 23.2 Å². The number of carbonyl (C=O) groups is 1. The molecule has 3 rings (SSSR count). The van der Waals surface area contributed by atoms with Crippen LogP contribution in [0.4, 0.5) is 5.13 Å². The van der Waals surface area contributed by atoms with Crippen LogP contribution < -0.4 is 5.32 Å². The zero-order valence-corrected chi connectivity index (χ0v) is 15.9. The summed E-state index contributed by atoms with van der Waals surface area (Å²) in [6.07, 6.45) is 1.91. The van der Waals surface area contributed by atoms with Gasteiger partial charge in [0.15, 0.2) is 5.13 Å². The Labute approximate surface area is 160 Å². The maximum absolute atomic E-state index is 12.4. The molecule has 25 heavy (non-hydrogen) atoms. The molecule has 0 bridgehead atoms. The minimum Gasteiger partial charge on any atom is -0.298 e. The second-order valence-corrected chi connectivity index (χ2v) is 7.47. The number of rotatable bonds is 5. The average molecular weight is 391 g/mol. The van der Waals surface area contributed by atoms with Gasteiger partial charge in [-0.15, -0.1) is 11.3 Å². The Bertz CT molecular complexity index is 891. The predicted molar refractivity (Wildman–Crippen MR) is 106 cm³/mol. The fourth-order valence-electron chi connectivity index (χ4n) is 2.43. The van der Waals surface area contributed by atoms with Gasteiger partial charge in [-0.25, -0.2) is 4.98 Å². The molecular weight excluding hydrogens is 375 g/mol. The Hall–Kier alpha value is -1.88. The first-order chi connectivity index (χ1) is 12.1. The molecule has 0 saturated heterocycles. The summed E-state index contributed by atoms with van der Waals surface area (Å²) in [5.41, 5.74) is 2.39. The fourth-order valence-corrected chi connectivity index (χ4v) is 3.83. The molecule has 0 atom stereocenters. The molecule has 1 N–H and O–H groups in total. The highest BCUT2D eigenvalue weighted by Crippen LogP contribution is 2.33. The highest BCUT2D eigenvalue weighted by atomic mass is 35.5. The molecule has 0 fully saturated rings. The molecule has 0 unspecified atom stereocenters. The van der Waals surface area contributed by atoms with Gasteiger partial charge in [0.25, 0.3) is 5.91 Å². The number of benzene rings is 2. The maximum atomic E-state index is 12.4. The van der Waals surface area contributed by atoms with Crippen molar-refractivity contribution in [2.75, 3.05) is 5.32 Å². The first kappa shape index (κ1) is 17.9. The molecule has 0 aliphatic heterocycles. The van der Waals surface area contributed by atoms with Gasteiger partial charge in [0, 0.05) is 26.0 Å². The molecule has 6 heteroatoms. The van der Waals surface area contributed by atoms with E-state index in [-0.39, 0.29) is 5.91 Å². The molecule has 128 valence electrons. The van der Waals surface area contributed by atoms with Gasteiger partial charge in [-0.2, -0.15) is 0 Å². The Morgan fingerprint density at radius 3 is 2.56 bits per heavy atom. The van der Waals surface area contributed by atoms with Crippen molar-refractivity contribution in [3.05, 3.63) is 69.0 Å². The number of carbonyl (C=O) groups excluding carboxylic acids is 1. The molecule has 2 aromatic carbocycles. The van der Waals surface area contributed by atoms with E-state index in [0.29, 0.717) is 20.7 Å². The number of nitrogens with zero attached hydrogens (tertiary/aromatic N) is 1. The molecule has 0 aliphatic carbocycles. The first-order valence-electron chi connectivity index (χ1n) is 7.89. The smallest absolute Gasteiger partial charge is 0.257 e. The lowest BCUT2D eigenvalue weighted by Gasteiger charge is -2.02. The summed E-state index contributed by atoms with van der Waals surface area (Å²) < 4.78 is 0. The first-order valence-corrected chi connectivity index (χ1v) is 9.46. The van der Waals surface area contributed by atoms with Crippen LogP contribution in [0.1, 0.15) is 28.6 Å². The second-order valence-electron chi connectivity index (χ2n) is 5.51. The van der Waals surface area contributed by atoms with E-state index < -0.39 is 0 Å². The van der Waals surface area contributed by atoms with Crippen molar-refractivity contribution in [3.8, 4) is 11.3 Å². The van der Waals surface area contributed by atoms with E-state index in [1.54, 1.807) is 24.3 Å². The normalized spacial score (nSPS) is 10.7. The topological polar surface area (TPSA) is 42.0 Å². The Kier molecular flexibility index (Phi) is 5.74. The number of aryl methyl sites for hydroxylation is 1. The number of anilines is 1. The number of thiazole rings is 1. The summed E-state index contributed by atoms with van der Waals surface area (Å²) in [4.78, 5) is 18.2. The molecule has 3 nitrogen and oxygen atoms in total. The van der Waals surface area contributed by atoms with Crippen LogP contribution in [0.5, 0.6) is 0 Å². The third-order valence-electron chi connectivity index (χ3n) is 3.60. The number of hydrogen-bond acceptors (Lipinski definition) is 3. The molecule has 1 amide bonds. The summed E-state index contributed by atoms with van der Waals surface area (Å²) in [6, 6.07) is 14.4. The van der Waals surface area contributed by atoms with E-state index in [9.17, 15) is 4.79 Å². The Morgan fingerprint density at radius 1 is 1.12 bits per heavy atom. The SMILES string of the molecule is CCCc1sc(NC(=O)c2cccc(Cl)c2)nc1-c1ccc(Cl)cc1. The summed E-state index contributed by atoms with van der Waals surface area (Å²) in [6.45, 7) is 2.12. The number of halogens is 2. The second kappa shape index (κ2) is 8.00. The van der Waals surface area contributed by atoms with Crippen LogP contribution in [0, 0.1) is 0 Å². The van der Waals surface area contributed by atoms with E-state index in [2.05, 4.69) is 17.2 Å². The van der Waals surface area contributed by atoms with Crippen molar-refractivity contribution in [1.29, 1.82) is 0 Å². The van der Waals surface area contributed by atoms with Crippen LogP contribution in [0.2, 0.25) is 10.0 Å². The molecule has 0 saturated carbocycles. The summed E-state index contributed by atoms with van der Waals surface area (Å²) >= 11 is 13.4. The monoisotopic (exact) mass is 390 g/mol. The molecule has 0 radical (unpaired) electrons. The van der Waals surface area contributed by atoms with Crippen LogP contribution in [0.15, 0.2) is 48.5 Å². The molecule has 3 aromatic rings. The number of nitrogens with one attached hydrogen (secondary N) is 1. The molecule has 1 aromatic heterocycles. The van der Waals surface area contributed by atoms with Gasteiger partial charge in [0.05, 0.1) is 5.69 Å². The zero-order chi connectivity index (χ0) is 17.8. The van der Waals surface area contributed by atoms with Crippen molar-refractivity contribution in [2.24, 2.45) is 0 Å². The number of hydrogen-bond donors (Lipinski definition) is 1. The van der Waals surface area contributed by atoms with E-state index >= 15 is 0 Å². The van der Waals surface area contributed by atoms with Crippen molar-refractivity contribution in [2.45, 2.75) is 19.8 Å². The Balaban J connectivity index is 1.88. The largest absolute Gasteiger partial charge is 0.298 e. The lowest BCUT2D eigenvalue weighted by Crippen LogP contribution is -2.11. The van der Waals surface area contributed by atoms with Crippen LogP contribution in [0.25, 0.3) is 11.3 Å². The lowest BCUT2D eigenvalue weighted by atomic mass is 10.1. The van der Waals surface area contributed by atoms with Crippen LogP contribution >= 0.6 is 34.5 Å². The van der Waals surface area contributed by atoms with Gasteiger partial charge in [-0.05, 0) is 36.8 Å². The van der Waals surface area contributed by atoms with E-state index in [1.165, 1.54) is 11.3 Å². The third kappa shape index (κ3) is 4.40. The molecule has 0 spiro atoms. The van der Waals surface area contributed by atoms with Crippen molar-refractivity contribution in [3.63, 3.8) is 0 Å². The molecule has 1 heterocycles. The van der Waals surface area contributed by atoms with Gasteiger partial charge in [-0.3, -0.25) is 10.1 Å². The van der Waals surface area contributed by atoms with Gasteiger partial charge in [0.2, 0.25) is 0 Å². The average Bonchev–Trinajstić information content (AvgIpc) is 2.98. The van der Waals surface area contributed by atoms with E-state index in [1.807, 2.05) is 24.3 Å². The van der Waals surface area contributed by atoms with Crippen molar-refractivity contribution in [1.82, 2.24) is 4.98 Å². The standard InChI is InChI=1S/C19H16Cl2N2OS/c1-2-4-16-17(12-7-9-14(20)10-8-12)22-19(25-16)23-18(24)13-5-3-6-15(21)11-13/h3,5-11H,2,4H2,1H3,(H,22,23,24). The van der Waals surface area contributed by atoms with Gasteiger partial charge in [0.1, 0.15) is 0 Å². The van der Waals surface area contributed by atoms with Crippen molar-refractivity contribution < 1.29 is 4.79 Å². The van der Waals surface area contributed by atoms with Crippen LogP contribution in [-0.4, -0.2) is 10.9 Å². The van der Waals surface area contributed by atoms with Gasteiger partial charge >= 0.3 is 0 Å². The van der Waals surface area contributed by atoms with Gasteiger partial charge in [-0.1, -0.05) is 54.7 Å². The lowest BCUT2D eigenvalue weighted by molar-refractivity contribution is 0.102. The molecular formula is C19H16Cl2N2OS. The van der Waals surface area contributed by atoms with Gasteiger partial charge < -0.3 is 0 Å². The minimum absolute atomic E-state index is 0.220. The minimum atomic E-state index is -0.220. The van der Waals surface area contributed by atoms with Crippen LogP contribution in [-0.2, 0) is 6.42 Å². The quantitative estimate of drug-likeness (QED) is 0.553. The fraction of sp³-hybridized carbons (Fsp3) is 0.158. The number of aromatic nitrogens is 1. The maximum Gasteiger partial charge on any atom is 0.257 e. The highest BCUT2D eigenvalue weighted by molar-refractivity contribution is 7.16. The predicted octanol–water partition coefficient (Wildman–Crippen LogP) is 6.32. The van der Waals surface area contributed by atoms with E-state index in [0.717, 1.165) is 29.0 Å². The highest BCUT2D eigenvalue weighted by Gasteiger charge is 2.15.